The number of aliphatic carboxylic acids is 1. The van der Waals surface area contributed by atoms with Crippen LogP contribution >= 0.6 is 11.8 Å². The zero-order valence-electron chi connectivity index (χ0n) is 12.8. The second-order valence-corrected chi connectivity index (χ2v) is 6.52. The Kier molecular flexibility index (Phi) is 5.65. The Morgan fingerprint density at radius 2 is 2.00 bits per heavy atom. The summed E-state index contributed by atoms with van der Waals surface area (Å²) in [6, 6.07) is 6.32. The second-order valence-electron chi connectivity index (χ2n) is 5.41. The van der Waals surface area contributed by atoms with E-state index in [0.29, 0.717) is 30.0 Å². The summed E-state index contributed by atoms with van der Waals surface area (Å²) >= 11 is 1.56. The fourth-order valence-corrected chi connectivity index (χ4v) is 3.85. The van der Waals surface area contributed by atoms with Gasteiger partial charge in [-0.15, -0.1) is 0 Å². The SMILES string of the molecule is CCOC(=O)c1ccc(NC(=O)CC2(C(=O)O)CCSC2)cc1. The first-order chi connectivity index (χ1) is 11.0. The normalized spacial score (nSPS) is 20.0. The summed E-state index contributed by atoms with van der Waals surface area (Å²) in [7, 11) is 0. The molecule has 0 bridgehead atoms. The summed E-state index contributed by atoms with van der Waals surface area (Å²) in [5.74, 6) is -0.460. The zero-order valence-corrected chi connectivity index (χ0v) is 13.6. The predicted octanol–water partition coefficient (Wildman–Crippen LogP) is 2.40. The van der Waals surface area contributed by atoms with Crippen LogP contribution in [0.15, 0.2) is 24.3 Å². The van der Waals surface area contributed by atoms with E-state index in [1.807, 2.05) is 0 Å². The molecule has 1 heterocycles. The Labute approximate surface area is 138 Å². The number of carboxylic acid groups (broad SMARTS) is 1. The van der Waals surface area contributed by atoms with E-state index in [4.69, 9.17) is 4.74 Å². The minimum Gasteiger partial charge on any atom is -0.481 e. The Morgan fingerprint density at radius 3 is 2.52 bits per heavy atom. The Balaban J connectivity index is 1.97. The first-order valence-corrected chi connectivity index (χ1v) is 8.50. The standard InChI is InChI=1S/C16H19NO5S/c1-2-22-14(19)11-3-5-12(6-4-11)17-13(18)9-16(15(20)21)7-8-23-10-16/h3-6H,2,7-10H2,1H3,(H,17,18)(H,20,21). The van der Waals surface area contributed by atoms with Gasteiger partial charge in [0.05, 0.1) is 17.6 Å². The number of nitrogens with one attached hydrogen (secondary N) is 1. The lowest BCUT2D eigenvalue weighted by molar-refractivity contribution is -0.149. The van der Waals surface area contributed by atoms with Crippen molar-refractivity contribution in [1.29, 1.82) is 0 Å². The maximum absolute atomic E-state index is 12.1. The van der Waals surface area contributed by atoms with E-state index in [0.717, 1.165) is 5.75 Å². The van der Waals surface area contributed by atoms with Gasteiger partial charge < -0.3 is 15.2 Å². The lowest BCUT2D eigenvalue weighted by Crippen LogP contribution is -2.35. The average Bonchev–Trinajstić information content (AvgIpc) is 2.98. The van der Waals surface area contributed by atoms with E-state index in [9.17, 15) is 19.5 Å². The van der Waals surface area contributed by atoms with Crippen molar-refractivity contribution in [1.82, 2.24) is 0 Å². The molecule has 1 atom stereocenters. The number of benzene rings is 1. The van der Waals surface area contributed by atoms with Gasteiger partial charge >= 0.3 is 11.9 Å². The topological polar surface area (TPSA) is 92.7 Å². The number of ether oxygens (including phenoxy) is 1. The number of carbonyl (C=O) groups excluding carboxylic acids is 2. The van der Waals surface area contributed by atoms with E-state index in [1.54, 1.807) is 43.0 Å². The maximum atomic E-state index is 12.1. The summed E-state index contributed by atoms with van der Waals surface area (Å²) in [5, 5.41) is 12.1. The average molecular weight is 337 g/mol. The molecule has 1 amide bonds. The van der Waals surface area contributed by atoms with Crippen molar-refractivity contribution in [3.8, 4) is 0 Å². The second kappa shape index (κ2) is 7.50. The van der Waals surface area contributed by atoms with Gasteiger partial charge in [0.2, 0.25) is 5.91 Å². The Morgan fingerprint density at radius 1 is 1.30 bits per heavy atom. The fraction of sp³-hybridized carbons (Fsp3) is 0.438. The van der Waals surface area contributed by atoms with Crippen LogP contribution in [0, 0.1) is 5.41 Å². The van der Waals surface area contributed by atoms with Crippen molar-refractivity contribution >= 4 is 35.3 Å². The number of hydrogen-bond acceptors (Lipinski definition) is 5. The highest BCUT2D eigenvalue weighted by Crippen LogP contribution is 2.39. The van der Waals surface area contributed by atoms with Gasteiger partial charge in [-0.05, 0) is 43.4 Å². The number of hydrogen-bond donors (Lipinski definition) is 2. The van der Waals surface area contributed by atoms with Crippen LogP contribution in [0.25, 0.3) is 0 Å². The molecule has 124 valence electrons. The molecule has 0 aliphatic carbocycles. The molecule has 6 nitrogen and oxygen atoms in total. The molecule has 23 heavy (non-hydrogen) atoms. The van der Waals surface area contributed by atoms with Gasteiger partial charge in [0.25, 0.3) is 0 Å². The summed E-state index contributed by atoms with van der Waals surface area (Å²) in [5.41, 5.74) is -0.0483. The summed E-state index contributed by atoms with van der Waals surface area (Å²) in [6.07, 6.45) is 0.456. The van der Waals surface area contributed by atoms with Gasteiger partial charge in [-0.1, -0.05) is 0 Å². The van der Waals surface area contributed by atoms with Crippen LogP contribution in [0.2, 0.25) is 0 Å². The van der Waals surface area contributed by atoms with E-state index in [1.165, 1.54) is 0 Å². The molecule has 1 saturated heterocycles. The van der Waals surface area contributed by atoms with Gasteiger partial charge in [-0.25, -0.2) is 4.79 Å². The van der Waals surface area contributed by atoms with Crippen LogP contribution in [0.3, 0.4) is 0 Å². The van der Waals surface area contributed by atoms with E-state index >= 15 is 0 Å². The highest BCUT2D eigenvalue weighted by Gasteiger charge is 2.43. The summed E-state index contributed by atoms with van der Waals surface area (Å²) in [6.45, 7) is 2.03. The molecular formula is C16H19NO5S. The molecule has 7 heteroatoms. The fourth-order valence-electron chi connectivity index (χ4n) is 2.41. The lowest BCUT2D eigenvalue weighted by atomic mass is 9.84. The van der Waals surface area contributed by atoms with Gasteiger partial charge in [0.15, 0.2) is 0 Å². The van der Waals surface area contributed by atoms with Crippen molar-refractivity contribution in [2.24, 2.45) is 5.41 Å². The molecule has 1 unspecified atom stereocenters. The van der Waals surface area contributed by atoms with Gasteiger partial charge in [-0.3, -0.25) is 9.59 Å². The molecule has 0 radical (unpaired) electrons. The number of thioether (sulfide) groups is 1. The van der Waals surface area contributed by atoms with E-state index in [2.05, 4.69) is 5.32 Å². The smallest absolute Gasteiger partial charge is 0.338 e. The summed E-state index contributed by atoms with van der Waals surface area (Å²) < 4.78 is 4.88. The third-order valence-corrected chi connectivity index (χ3v) is 4.99. The van der Waals surface area contributed by atoms with Crippen LogP contribution in [-0.2, 0) is 14.3 Å². The minimum atomic E-state index is -0.973. The maximum Gasteiger partial charge on any atom is 0.338 e. The molecule has 0 aromatic heterocycles. The quantitative estimate of drug-likeness (QED) is 0.774. The Bertz CT molecular complexity index is 593. The Hall–Kier alpha value is -2.02. The van der Waals surface area contributed by atoms with Gasteiger partial charge in [0, 0.05) is 17.9 Å². The van der Waals surface area contributed by atoms with Crippen LogP contribution in [0.1, 0.15) is 30.1 Å². The molecule has 0 spiro atoms. The molecule has 1 aromatic carbocycles. The first-order valence-electron chi connectivity index (χ1n) is 7.35. The monoisotopic (exact) mass is 337 g/mol. The number of rotatable bonds is 6. The zero-order chi connectivity index (χ0) is 16.9. The van der Waals surface area contributed by atoms with Gasteiger partial charge in [0.1, 0.15) is 0 Å². The molecule has 1 fully saturated rings. The van der Waals surface area contributed by atoms with Crippen molar-refractivity contribution in [3.05, 3.63) is 29.8 Å². The largest absolute Gasteiger partial charge is 0.481 e. The molecule has 2 N–H and O–H groups in total. The van der Waals surface area contributed by atoms with Crippen LogP contribution in [0.5, 0.6) is 0 Å². The highest BCUT2D eigenvalue weighted by atomic mass is 32.2. The molecule has 1 aliphatic rings. The molecule has 1 aromatic rings. The van der Waals surface area contributed by atoms with E-state index < -0.39 is 17.4 Å². The number of carboxylic acids is 1. The van der Waals surface area contributed by atoms with Crippen LogP contribution in [0.4, 0.5) is 5.69 Å². The lowest BCUT2D eigenvalue weighted by Gasteiger charge is -2.22. The molecule has 2 rings (SSSR count). The minimum absolute atomic E-state index is 0.0467. The van der Waals surface area contributed by atoms with Crippen molar-refractivity contribution in [2.45, 2.75) is 19.8 Å². The predicted molar refractivity (Wildman–Crippen MR) is 87.7 cm³/mol. The molecule has 0 saturated carbocycles. The summed E-state index contributed by atoms with van der Waals surface area (Å²) in [4.78, 5) is 35.1. The first kappa shape index (κ1) is 17.3. The third kappa shape index (κ3) is 4.25. The van der Waals surface area contributed by atoms with Gasteiger partial charge in [-0.2, -0.15) is 11.8 Å². The van der Waals surface area contributed by atoms with Crippen molar-refractivity contribution in [3.63, 3.8) is 0 Å². The van der Waals surface area contributed by atoms with E-state index in [-0.39, 0.29) is 12.3 Å². The number of carbonyl (C=O) groups is 3. The highest BCUT2D eigenvalue weighted by molar-refractivity contribution is 7.99. The number of amides is 1. The third-order valence-electron chi connectivity index (χ3n) is 3.74. The number of anilines is 1. The van der Waals surface area contributed by atoms with Crippen LogP contribution in [-0.4, -0.2) is 41.1 Å². The van der Waals surface area contributed by atoms with Crippen molar-refractivity contribution < 1.29 is 24.2 Å². The van der Waals surface area contributed by atoms with Crippen molar-refractivity contribution in [2.75, 3.05) is 23.4 Å². The molecule has 1 aliphatic heterocycles. The van der Waals surface area contributed by atoms with Crippen LogP contribution < -0.4 is 5.32 Å². The molecular weight excluding hydrogens is 318 g/mol. The number of esters is 1.